The summed E-state index contributed by atoms with van der Waals surface area (Å²) >= 11 is 0. The highest BCUT2D eigenvalue weighted by molar-refractivity contribution is 5.90. The molecule has 3 aromatic carbocycles. The second kappa shape index (κ2) is 9.02. The van der Waals surface area contributed by atoms with Crippen LogP contribution in [0, 0.1) is 0 Å². The van der Waals surface area contributed by atoms with Crippen LogP contribution in [-0.2, 0) is 6.54 Å². The summed E-state index contributed by atoms with van der Waals surface area (Å²) in [5.41, 5.74) is 6.23. The lowest BCUT2D eigenvalue weighted by atomic mass is 9.98. The summed E-state index contributed by atoms with van der Waals surface area (Å²) in [4.78, 5) is 2.22. The second-order valence-corrected chi connectivity index (χ2v) is 6.66. The Morgan fingerprint density at radius 3 is 1.73 bits per heavy atom. The molecule has 0 spiro atoms. The fraction of sp³-hybridized carbons (Fsp3) is 0.167. The van der Waals surface area contributed by atoms with Crippen LogP contribution < -0.4 is 5.32 Å². The minimum Gasteiger partial charge on any atom is -0.380 e. The molecule has 0 saturated carbocycles. The molecule has 0 aliphatic carbocycles. The number of rotatable bonds is 7. The number of nitrogens with zero attached hydrogens (tertiary/aromatic N) is 1. The number of hydrogen-bond acceptors (Lipinski definition) is 2. The molecule has 0 heterocycles. The average Bonchev–Trinajstić information content (AvgIpc) is 2.69. The molecule has 132 valence electrons. The smallest absolute Gasteiger partial charge is 0.0468 e. The van der Waals surface area contributed by atoms with Gasteiger partial charge in [0, 0.05) is 18.8 Å². The van der Waals surface area contributed by atoms with Gasteiger partial charge in [0.1, 0.15) is 0 Å². The van der Waals surface area contributed by atoms with E-state index in [1.54, 1.807) is 0 Å². The van der Waals surface area contributed by atoms with E-state index in [2.05, 4.69) is 115 Å². The molecule has 3 aromatic rings. The zero-order valence-electron chi connectivity index (χ0n) is 15.5. The highest BCUT2D eigenvalue weighted by Crippen LogP contribution is 2.25. The Hall–Kier alpha value is -2.84. The first-order valence-electron chi connectivity index (χ1n) is 9.00. The second-order valence-electron chi connectivity index (χ2n) is 6.66. The Balaban J connectivity index is 2.04. The van der Waals surface area contributed by atoms with Crippen molar-refractivity contribution < 1.29 is 0 Å². The third-order valence-electron chi connectivity index (χ3n) is 4.27. The lowest BCUT2D eigenvalue weighted by Crippen LogP contribution is -2.20. The van der Waals surface area contributed by atoms with Crippen molar-refractivity contribution in [2.75, 3.05) is 20.6 Å². The van der Waals surface area contributed by atoms with Gasteiger partial charge in [-0.15, -0.1) is 0 Å². The Labute approximate surface area is 156 Å². The maximum atomic E-state index is 3.71. The van der Waals surface area contributed by atoms with E-state index in [0.29, 0.717) is 0 Å². The van der Waals surface area contributed by atoms with Crippen LogP contribution in [0.25, 0.3) is 11.3 Å². The van der Waals surface area contributed by atoms with Crippen LogP contribution in [0.15, 0.2) is 91.0 Å². The van der Waals surface area contributed by atoms with Gasteiger partial charge in [0.2, 0.25) is 0 Å². The van der Waals surface area contributed by atoms with Crippen molar-refractivity contribution in [1.82, 2.24) is 10.2 Å². The maximum absolute atomic E-state index is 3.71. The van der Waals surface area contributed by atoms with E-state index in [4.69, 9.17) is 0 Å². The fourth-order valence-corrected chi connectivity index (χ4v) is 3.04. The van der Waals surface area contributed by atoms with Crippen molar-refractivity contribution in [3.05, 3.63) is 108 Å². The van der Waals surface area contributed by atoms with Crippen molar-refractivity contribution in [3.63, 3.8) is 0 Å². The number of nitrogens with one attached hydrogen (secondary N) is 1. The van der Waals surface area contributed by atoms with E-state index in [1.165, 1.54) is 28.0 Å². The minimum absolute atomic E-state index is 0.800. The van der Waals surface area contributed by atoms with E-state index in [9.17, 15) is 0 Å². The van der Waals surface area contributed by atoms with Crippen LogP contribution in [0.2, 0.25) is 0 Å². The first-order chi connectivity index (χ1) is 12.7. The normalized spacial score (nSPS) is 12.0. The third-order valence-corrected chi connectivity index (χ3v) is 4.27. The lowest BCUT2D eigenvalue weighted by molar-refractivity contribution is 0.463. The van der Waals surface area contributed by atoms with Crippen molar-refractivity contribution in [3.8, 4) is 0 Å². The van der Waals surface area contributed by atoms with Gasteiger partial charge >= 0.3 is 0 Å². The van der Waals surface area contributed by atoms with E-state index in [-0.39, 0.29) is 0 Å². The van der Waals surface area contributed by atoms with Gasteiger partial charge in [-0.25, -0.2) is 0 Å². The number of benzene rings is 3. The van der Waals surface area contributed by atoms with Crippen LogP contribution in [0.4, 0.5) is 0 Å². The summed E-state index contributed by atoms with van der Waals surface area (Å²) in [5, 5.41) is 3.71. The van der Waals surface area contributed by atoms with E-state index in [1.807, 2.05) is 0 Å². The molecule has 0 aliphatic heterocycles. The highest BCUT2D eigenvalue weighted by atomic mass is 15.1. The molecule has 0 fully saturated rings. The molecule has 0 aliphatic rings. The first kappa shape index (κ1) is 18.0. The molecule has 0 amide bonds. The molecule has 0 unspecified atom stereocenters. The summed E-state index contributed by atoms with van der Waals surface area (Å²) in [6.07, 6.45) is 0. The molecule has 0 saturated heterocycles. The fourth-order valence-electron chi connectivity index (χ4n) is 3.04. The van der Waals surface area contributed by atoms with Crippen LogP contribution >= 0.6 is 0 Å². The Kier molecular flexibility index (Phi) is 6.24. The van der Waals surface area contributed by atoms with E-state index >= 15 is 0 Å². The van der Waals surface area contributed by atoms with Gasteiger partial charge in [-0.05, 0) is 36.4 Å². The quantitative estimate of drug-likeness (QED) is 0.614. The van der Waals surface area contributed by atoms with E-state index < -0.39 is 0 Å². The Morgan fingerprint density at radius 1 is 0.692 bits per heavy atom. The van der Waals surface area contributed by atoms with Gasteiger partial charge in [-0.2, -0.15) is 0 Å². The molecule has 0 atom stereocenters. The van der Waals surface area contributed by atoms with Gasteiger partial charge in [-0.3, -0.25) is 0 Å². The van der Waals surface area contributed by atoms with E-state index in [0.717, 1.165) is 13.1 Å². The Morgan fingerprint density at radius 2 is 1.19 bits per heavy atom. The Bertz CT molecular complexity index is 822. The largest absolute Gasteiger partial charge is 0.380 e. The van der Waals surface area contributed by atoms with Crippen LogP contribution in [-0.4, -0.2) is 25.5 Å². The number of likely N-dealkylation sites (N-methyl/N-ethyl adjacent to an activating group) is 1. The molecule has 2 heteroatoms. The first-order valence-corrected chi connectivity index (χ1v) is 9.00. The summed E-state index contributed by atoms with van der Waals surface area (Å²) in [6.45, 7) is 1.67. The summed E-state index contributed by atoms with van der Waals surface area (Å²) in [6, 6.07) is 31.8. The van der Waals surface area contributed by atoms with Crippen molar-refractivity contribution in [2.24, 2.45) is 0 Å². The third kappa shape index (κ3) is 4.84. The molecule has 26 heavy (non-hydrogen) atoms. The predicted molar refractivity (Wildman–Crippen MR) is 112 cm³/mol. The molecular weight excluding hydrogens is 316 g/mol. The van der Waals surface area contributed by atoms with Gasteiger partial charge < -0.3 is 10.2 Å². The van der Waals surface area contributed by atoms with Gasteiger partial charge in [-0.1, -0.05) is 91.0 Å². The average molecular weight is 342 g/mol. The molecule has 0 aromatic heterocycles. The lowest BCUT2D eigenvalue weighted by Gasteiger charge is -2.21. The standard InChI is InChI=1S/C24H26N2/c1-26(2)19-23(21-14-8-4-9-15-21)24(22-16-10-5-11-17-22)25-18-20-12-6-3-7-13-20/h3-17,25H,18-19H2,1-2H3/b24-23+. The zero-order valence-corrected chi connectivity index (χ0v) is 15.5. The summed E-state index contributed by atoms with van der Waals surface area (Å²) in [7, 11) is 4.23. The van der Waals surface area contributed by atoms with Gasteiger partial charge in [0.15, 0.2) is 0 Å². The summed E-state index contributed by atoms with van der Waals surface area (Å²) < 4.78 is 0. The van der Waals surface area contributed by atoms with Crippen molar-refractivity contribution in [1.29, 1.82) is 0 Å². The monoisotopic (exact) mass is 342 g/mol. The zero-order chi connectivity index (χ0) is 18.2. The highest BCUT2D eigenvalue weighted by Gasteiger charge is 2.12. The molecule has 3 rings (SSSR count). The van der Waals surface area contributed by atoms with Crippen LogP contribution in [0.5, 0.6) is 0 Å². The SMILES string of the molecule is CN(C)C/C(=C(\NCc1ccccc1)c1ccccc1)c1ccccc1. The van der Waals surface area contributed by atoms with Gasteiger partial charge in [0.05, 0.1) is 0 Å². The van der Waals surface area contributed by atoms with Crippen LogP contribution in [0.3, 0.4) is 0 Å². The molecule has 2 nitrogen and oxygen atoms in total. The summed E-state index contributed by atoms with van der Waals surface area (Å²) in [5.74, 6) is 0. The van der Waals surface area contributed by atoms with Crippen molar-refractivity contribution >= 4 is 11.3 Å². The molecule has 0 bridgehead atoms. The maximum Gasteiger partial charge on any atom is 0.0468 e. The van der Waals surface area contributed by atoms with Gasteiger partial charge in [0.25, 0.3) is 0 Å². The predicted octanol–water partition coefficient (Wildman–Crippen LogP) is 4.91. The minimum atomic E-state index is 0.800. The molecular formula is C24H26N2. The van der Waals surface area contributed by atoms with Crippen LogP contribution in [0.1, 0.15) is 16.7 Å². The topological polar surface area (TPSA) is 15.3 Å². The van der Waals surface area contributed by atoms with Crippen molar-refractivity contribution in [2.45, 2.75) is 6.54 Å². The molecule has 0 radical (unpaired) electrons. The number of hydrogen-bond donors (Lipinski definition) is 1. The molecule has 1 N–H and O–H groups in total.